The third kappa shape index (κ3) is 5.63. The topological polar surface area (TPSA) is 244 Å². The van der Waals surface area contributed by atoms with Crippen molar-refractivity contribution in [3.63, 3.8) is 0 Å². The van der Waals surface area contributed by atoms with E-state index in [-0.39, 0.29) is 16.9 Å². The Hall–Kier alpha value is -2.00. The summed E-state index contributed by atoms with van der Waals surface area (Å²) in [4.78, 5) is 50.9. The van der Waals surface area contributed by atoms with Gasteiger partial charge in [0.2, 0.25) is 0 Å². The van der Waals surface area contributed by atoms with Crippen LogP contribution >= 0.6 is 15.3 Å². The van der Waals surface area contributed by atoms with E-state index in [0.29, 0.717) is 11.2 Å². The van der Waals surface area contributed by atoms with Crippen molar-refractivity contribution in [3.8, 4) is 0 Å². The van der Waals surface area contributed by atoms with E-state index < -0.39 is 59.2 Å². The van der Waals surface area contributed by atoms with Crippen molar-refractivity contribution in [2.75, 3.05) is 25.2 Å². The molecule has 3 rings (SSSR count). The molecule has 4 atom stereocenters. The van der Waals surface area contributed by atoms with Crippen LogP contribution in [0.2, 0.25) is 0 Å². The molecule has 0 aromatic carbocycles. The van der Waals surface area contributed by atoms with Gasteiger partial charge in [-0.05, 0) is 0 Å². The summed E-state index contributed by atoms with van der Waals surface area (Å²) >= 11 is 0. The molecule has 0 saturated carbocycles. The van der Waals surface area contributed by atoms with E-state index in [1.807, 2.05) is 0 Å². The standard InChI is InChI=1S/C13H20N6O10P2/c14-12-11-13(16-4-15-12)19(5-17-11)9-1-7(20)8(29-9)3-28-31(26,27)18(2-10(21)22)6-30(23,24)25/h4-5,7-9,20H,1-3,6H2,(H,21,22)(H,26,27)(H2,14,15,16)(H2,23,24,25)/t7?,8-,9-/m1/s1. The van der Waals surface area contributed by atoms with Crippen molar-refractivity contribution in [1.82, 2.24) is 24.2 Å². The number of hydrogen-bond acceptors (Lipinski definition) is 10. The van der Waals surface area contributed by atoms with Crippen molar-refractivity contribution >= 4 is 38.3 Å². The van der Waals surface area contributed by atoms with Gasteiger partial charge in [0.15, 0.2) is 11.5 Å². The molecule has 0 bridgehead atoms. The van der Waals surface area contributed by atoms with Crippen LogP contribution in [0.25, 0.3) is 11.2 Å². The Morgan fingerprint density at radius 2 is 2.03 bits per heavy atom. The number of aliphatic hydroxyl groups excluding tert-OH is 1. The first-order valence-corrected chi connectivity index (χ1v) is 12.0. The molecule has 0 radical (unpaired) electrons. The van der Waals surface area contributed by atoms with Crippen molar-refractivity contribution in [1.29, 1.82) is 0 Å². The van der Waals surface area contributed by atoms with E-state index in [1.165, 1.54) is 17.2 Å². The smallest absolute Gasteiger partial charge is 0.406 e. The summed E-state index contributed by atoms with van der Waals surface area (Å²) in [5.41, 5.74) is 6.39. The number of hydrogen-bond donors (Lipinski definition) is 6. The molecule has 0 aliphatic carbocycles. The highest BCUT2D eigenvalue weighted by atomic mass is 31.2. The first-order chi connectivity index (χ1) is 14.4. The van der Waals surface area contributed by atoms with Gasteiger partial charge in [-0.2, -0.15) is 4.67 Å². The maximum absolute atomic E-state index is 12.4. The monoisotopic (exact) mass is 482 g/mol. The number of aromatic nitrogens is 4. The summed E-state index contributed by atoms with van der Waals surface area (Å²) in [6.45, 7) is -1.82. The zero-order chi connectivity index (χ0) is 23.0. The number of ether oxygens (including phenoxy) is 1. The van der Waals surface area contributed by atoms with Gasteiger partial charge in [0.05, 0.1) is 19.0 Å². The van der Waals surface area contributed by atoms with Crippen LogP contribution in [-0.4, -0.2) is 86.7 Å². The van der Waals surface area contributed by atoms with Crippen LogP contribution in [0.15, 0.2) is 12.7 Å². The highest BCUT2D eigenvalue weighted by Crippen LogP contribution is 2.51. The molecule has 2 aromatic heterocycles. The maximum Gasteiger partial charge on any atom is 0.406 e. The minimum atomic E-state index is -4.94. The predicted octanol–water partition coefficient (Wildman–Crippen LogP) is -1.30. The van der Waals surface area contributed by atoms with Gasteiger partial charge in [0.1, 0.15) is 37.0 Å². The van der Waals surface area contributed by atoms with Crippen LogP contribution < -0.4 is 5.73 Å². The molecule has 31 heavy (non-hydrogen) atoms. The Bertz CT molecular complexity index is 1060. The van der Waals surface area contributed by atoms with E-state index in [9.17, 15) is 23.9 Å². The average molecular weight is 482 g/mol. The van der Waals surface area contributed by atoms with Crippen LogP contribution in [0.3, 0.4) is 0 Å². The third-order valence-corrected chi connectivity index (χ3v) is 6.75. The number of aliphatic hydroxyl groups is 1. The van der Waals surface area contributed by atoms with Crippen LogP contribution in [-0.2, 0) is 23.2 Å². The van der Waals surface area contributed by atoms with Crippen molar-refractivity contribution in [2.45, 2.75) is 24.9 Å². The minimum absolute atomic E-state index is 0.0421. The lowest BCUT2D eigenvalue weighted by molar-refractivity contribution is -0.137. The average Bonchev–Trinajstić information content (AvgIpc) is 3.22. The molecule has 0 spiro atoms. The zero-order valence-electron chi connectivity index (χ0n) is 15.7. The molecule has 2 aromatic rings. The molecule has 3 heterocycles. The van der Waals surface area contributed by atoms with E-state index in [0.717, 1.165) is 0 Å². The molecule has 16 nitrogen and oxygen atoms in total. The summed E-state index contributed by atoms with van der Waals surface area (Å²) in [6, 6.07) is 0. The minimum Gasteiger partial charge on any atom is -0.480 e. The summed E-state index contributed by atoms with van der Waals surface area (Å²) in [7, 11) is -9.81. The van der Waals surface area contributed by atoms with Crippen LogP contribution in [0.1, 0.15) is 12.6 Å². The van der Waals surface area contributed by atoms with Gasteiger partial charge in [0, 0.05) is 6.42 Å². The summed E-state index contributed by atoms with van der Waals surface area (Å²) in [5, 5.41) is 19.1. The quantitative estimate of drug-likeness (QED) is 0.227. The highest BCUT2D eigenvalue weighted by Gasteiger charge is 2.41. The van der Waals surface area contributed by atoms with Gasteiger partial charge in [-0.3, -0.25) is 18.5 Å². The zero-order valence-corrected chi connectivity index (χ0v) is 17.5. The van der Waals surface area contributed by atoms with Gasteiger partial charge < -0.3 is 35.4 Å². The van der Waals surface area contributed by atoms with Gasteiger partial charge in [-0.15, -0.1) is 0 Å². The number of carboxylic acids is 1. The molecule has 2 unspecified atom stereocenters. The van der Waals surface area contributed by atoms with Crippen LogP contribution in [0.5, 0.6) is 0 Å². The molecule has 7 N–H and O–H groups in total. The van der Waals surface area contributed by atoms with E-state index in [2.05, 4.69) is 15.0 Å². The molecule has 0 amide bonds. The second-order valence-electron chi connectivity index (χ2n) is 6.67. The molecular formula is C13H20N6O10P2. The van der Waals surface area contributed by atoms with E-state index >= 15 is 0 Å². The lowest BCUT2D eigenvalue weighted by atomic mass is 10.2. The molecule has 1 fully saturated rings. The maximum atomic E-state index is 12.4. The fourth-order valence-electron chi connectivity index (χ4n) is 2.96. The summed E-state index contributed by atoms with van der Waals surface area (Å²) in [5.74, 6) is -1.45. The second-order valence-corrected chi connectivity index (χ2v) is 10.1. The van der Waals surface area contributed by atoms with E-state index in [1.54, 1.807) is 0 Å². The van der Waals surface area contributed by atoms with Crippen molar-refractivity contribution < 1.29 is 48.1 Å². The number of aliphatic carboxylic acids is 1. The van der Waals surface area contributed by atoms with Gasteiger partial charge in [-0.1, -0.05) is 0 Å². The number of rotatable bonds is 9. The first kappa shape index (κ1) is 23.7. The van der Waals surface area contributed by atoms with Crippen molar-refractivity contribution in [2.24, 2.45) is 0 Å². The Morgan fingerprint density at radius 1 is 1.32 bits per heavy atom. The number of fused-ring (bicyclic) bond motifs is 1. The van der Waals surface area contributed by atoms with Gasteiger partial charge >= 0.3 is 21.3 Å². The number of carboxylic acid groups (broad SMARTS) is 1. The highest BCUT2D eigenvalue weighted by molar-refractivity contribution is 7.54. The first-order valence-electron chi connectivity index (χ1n) is 8.63. The normalized spacial score (nSPS) is 24.0. The Kier molecular flexibility index (Phi) is 6.76. The Morgan fingerprint density at radius 3 is 2.68 bits per heavy atom. The lowest BCUT2D eigenvalue weighted by Gasteiger charge is -2.26. The SMILES string of the molecule is Nc1ncnc2c1ncn2[C@H]1CC(O)[C@@H](COP(=O)(O)N(CC(=O)O)CP(=O)(O)O)O1. The largest absolute Gasteiger partial charge is 0.480 e. The molecule has 18 heteroatoms. The van der Waals surface area contributed by atoms with Crippen LogP contribution in [0, 0.1) is 0 Å². The predicted molar refractivity (Wildman–Crippen MR) is 101 cm³/mol. The second kappa shape index (κ2) is 8.86. The molecular weight excluding hydrogens is 462 g/mol. The number of nitrogens with two attached hydrogens (primary N) is 1. The number of imidazole rings is 1. The van der Waals surface area contributed by atoms with Gasteiger partial charge in [-0.25, -0.2) is 19.5 Å². The number of nitrogen functional groups attached to an aromatic ring is 1. The molecule has 1 aliphatic rings. The molecule has 1 saturated heterocycles. The fraction of sp³-hybridized carbons (Fsp3) is 0.538. The number of nitrogens with zero attached hydrogens (tertiary/aromatic N) is 5. The Labute approximate surface area is 174 Å². The Balaban J connectivity index is 1.69. The molecule has 1 aliphatic heterocycles. The fourth-order valence-corrected chi connectivity index (χ4v) is 5.42. The summed E-state index contributed by atoms with van der Waals surface area (Å²) in [6.07, 6.45) is -1.69. The van der Waals surface area contributed by atoms with Crippen molar-refractivity contribution in [3.05, 3.63) is 12.7 Å². The van der Waals surface area contributed by atoms with E-state index in [4.69, 9.17) is 29.9 Å². The lowest BCUT2D eigenvalue weighted by Crippen LogP contribution is -2.32. The number of anilines is 1. The van der Waals surface area contributed by atoms with Gasteiger partial charge in [0.25, 0.3) is 0 Å². The third-order valence-electron chi connectivity index (χ3n) is 4.33. The molecule has 172 valence electrons. The van der Waals surface area contributed by atoms with Crippen LogP contribution in [0.4, 0.5) is 5.82 Å². The number of carbonyl (C=O) groups is 1. The summed E-state index contributed by atoms with van der Waals surface area (Å²) < 4.78 is 35.6.